The van der Waals surface area contributed by atoms with E-state index in [0.717, 1.165) is 6.42 Å². The van der Waals surface area contributed by atoms with Crippen LogP contribution < -0.4 is 10.5 Å². The molecule has 1 rings (SSSR count). The molecule has 0 aliphatic carbocycles. The van der Waals surface area contributed by atoms with Crippen molar-refractivity contribution in [2.45, 2.75) is 13.3 Å². The number of nitrogens with two attached hydrogens (primary N) is 1. The number of ether oxygens (including phenoxy) is 1. The smallest absolute Gasteiger partial charge is 0.248 e. The summed E-state index contributed by atoms with van der Waals surface area (Å²) in [6.45, 7) is 2.73. The van der Waals surface area contributed by atoms with Crippen molar-refractivity contribution in [2.24, 2.45) is 0 Å². The van der Waals surface area contributed by atoms with Gasteiger partial charge in [-0.3, -0.25) is 0 Å². The Bertz CT molecular complexity index is 199. The third-order valence-corrected chi connectivity index (χ3v) is 1.64. The third kappa shape index (κ3) is 1.60. The van der Waals surface area contributed by atoms with Crippen molar-refractivity contribution in [3.8, 4) is 5.88 Å². The van der Waals surface area contributed by atoms with Crippen LogP contribution in [0.25, 0.3) is 0 Å². The molecule has 0 radical (unpaired) electrons. The van der Waals surface area contributed by atoms with Crippen molar-refractivity contribution in [1.29, 1.82) is 0 Å². The Hall–Kier alpha value is -0.770. The number of aromatic nitrogens is 1. The summed E-state index contributed by atoms with van der Waals surface area (Å²) in [6.07, 6.45) is 0.983. The third-order valence-electron chi connectivity index (χ3n) is 1.01. The second-order valence-electron chi connectivity index (χ2n) is 1.92. The molecule has 0 saturated carbocycles. The maximum atomic E-state index is 5.50. The second-order valence-corrected chi connectivity index (χ2v) is 2.55. The molecule has 4 heteroatoms. The first-order valence-electron chi connectivity index (χ1n) is 3.17. The quantitative estimate of drug-likeness (QED) is 0.725. The summed E-state index contributed by atoms with van der Waals surface area (Å²) in [6, 6.07) is 0. The number of nitrogen functional groups attached to an aromatic ring is 1. The first-order valence-corrected chi connectivity index (χ1v) is 4.01. The van der Waals surface area contributed by atoms with Crippen LogP contribution in [-0.4, -0.2) is 11.0 Å². The van der Waals surface area contributed by atoms with Gasteiger partial charge in [0.25, 0.3) is 0 Å². The van der Waals surface area contributed by atoms with E-state index < -0.39 is 0 Å². The fourth-order valence-corrected chi connectivity index (χ4v) is 1.06. The second kappa shape index (κ2) is 3.41. The summed E-state index contributed by atoms with van der Waals surface area (Å²) in [5.41, 5.74) is 6.14. The van der Waals surface area contributed by atoms with Crippen LogP contribution in [0.1, 0.15) is 13.3 Å². The summed E-state index contributed by atoms with van der Waals surface area (Å²) in [4.78, 5) is 0. The molecule has 0 aromatic carbocycles. The van der Waals surface area contributed by atoms with Gasteiger partial charge in [-0.05, 0) is 18.0 Å². The summed E-state index contributed by atoms with van der Waals surface area (Å²) in [5.74, 6) is 0.576. The Balaban J connectivity index is 2.49. The Labute approximate surface area is 64.0 Å². The van der Waals surface area contributed by atoms with Crippen molar-refractivity contribution in [1.82, 2.24) is 4.37 Å². The lowest BCUT2D eigenvalue weighted by Gasteiger charge is -1.99. The van der Waals surface area contributed by atoms with Crippen LogP contribution in [0, 0.1) is 0 Å². The molecule has 0 aliphatic heterocycles. The maximum Gasteiger partial charge on any atom is 0.248 e. The standard InChI is InChI=1S/C6H10N2OS/c1-2-3-9-6-5(7)4-10-8-6/h4H,2-3,7H2,1H3. The molecule has 2 N–H and O–H groups in total. The molecule has 10 heavy (non-hydrogen) atoms. The van der Waals surface area contributed by atoms with Crippen molar-refractivity contribution in [2.75, 3.05) is 12.3 Å². The van der Waals surface area contributed by atoms with Crippen molar-refractivity contribution in [3.05, 3.63) is 5.38 Å². The Morgan fingerprint density at radius 1 is 1.80 bits per heavy atom. The maximum absolute atomic E-state index is 5.50. The van der Waals surface area contributed by atoms with Crippen LogP contribution in [0.3, 0.4) is 0 Å². The molecule has 1 heterocycles. The molecule has 0 saturated heterocycles. The molecule has 0 fully saturated rings. The van der Waals surface area contributed by atoms with Crippen LogP contribution in [0.15, 0.2) is 5.38 Å². The summed E-state index contributed by atoms with van der Waals surface area (Å²) in [5, 5.41) is 1.77. The lowest BCUT2D eigenvalue weighted by Crippen LogP contribution is -1.97. The Morgan fingerprint density at radius 3 is 3.10 bits per heavy atom. The van der Waals surface area contributed by atoms with Gasteiger partial charge in [-0.25, -0.2) is 0 Å². The van der Waals surface area contributed by atoms with E-state index in [-0.39, 0.29) is 0 Å². The van der Waals surface area contributed by atoms with Gasteiger partial charge in [0.2, 0.25) is 5.88 Å². The lowest BCUT2D eigenvalue weighted by atomic mass is 10.5. The summed E-state index contributed by atoms with van der Waals surface area (Å²) < 4.78 is 9.15. The van der Waals surface area contributed by atoms with Gasteiger partial charge in [-0.1, -0.05) is 6.92 Å². The summed E-state index contributed by atoms with van der Waals surface area (Å²) >= 11 is 1.32. The van der Waals surface area contributed by atoms with Gasteiger partial charge in [0.15, 0.2) is 0 Å². The highest BCUT2D eigenvalue weighted by atomic mass is 32.1. The average Bonchev–Trinajstić information content (AvgIpc) is 2.31. The van der Waals surface area contributed by atoms with Crippen LogP contribution in [0.5, 0.6) is 5.88 Å². The van der Waals surface area contributed by atoms with Crippen LogP contribution in [-0.2, 0) is 0 Å². The molecular formula is C6H10N2OS. The van der Waals surface area contributed by atoms with Gasteiger partial charge in [0.05, 0.1) is 6.61 Å². The molecule has 0 unspecified atom stereocenters. The number of nitrogens with zero attached hydrogens (tertiary/aromatic N) is 1. The van der Waals surface area contributed by atoms with Gasteiger partial charge in [-0.15, -0.1) is 0 Å². The lowest BCUT2D eigenvalue weighted by molar-refractivity contribution is 0.310. The van der Waals surface area contributed by atoms with E-state index in [9.17, 15) is 0 Å². The largest absolute Gasteiger partial charge is 0.476 e. The number of rotatable bonds is 3. The normalized spacial score (nSPS) is 9.70. The van der Waals surface area contributed by atoms with E-state index in [1.807, 2.05) is 6.92 Å². The van der Waals surface area contributed by atoms with Gasteiger partial charge in [0, 0.05) is 5.38 Å². The Kier molecular flexibility index (Phi) is 2.50. The first-order chi connectivity index (χ1) is 4.84. The average molecular weight is 158 g/mol. The molecule has 0 aliphatic rings. The highest BCUT2D eigenvalue weighted by Crippen LogP contribution is 2.20. The fourth-order valence-electron chi connectivity index (χ4n) is 0.543. The van der Waals surface area contributed by atoms with Crippen LogP contribution in [0.4, 0.5) is 5.69 Å². The monoisotopic (exact) mass is 158 g/mol. The predicted octanol–water partition coefficient (Wildman–Crippen LogP) is 1.51. The summed E-state index contributed by atoms with van der Waals surface area (Å²) in [7, 11) is 0. The van der Waals surface area contributed by atoms with Crippen molar-refractivity contribution in [3.63, 3.8) is 0 Å². The number of hydrogen-bond donors (Lipinski definition) is 1. The van der Waals surface area contributed by atoms with Crippen LogP contribution in [0.2, 0.25) is 0 Å². The van der Waals surface area contributed by atoms with Gasteiger partial charge < -0.3 is 10.5 Å². The van der Waals surface area contributed by atoms with E-state index in [2.05, 4.69) is 4.37 Å². The van der Waals surface area contributed by atoms with Gasteiger partial charge in [-0.2, -0.15) is 4.37 Å². The van der Waals surface area contributed by atoms with Gasteiger partial charge in [0.1, 0.15) is 5.69 Å². The fraction of sp³-hybridized carbons (Fsp3) is 0.500. The van der Waals surface area contributed by atoms with E-state index in [1.54, 1.807) is 5.38 Å². The van der Waals surface area contributed by atoms with Gasteiger partial charge >= 0.3 is 0 Å². The van der Waals surface area contributed by atoms with E-state index in [4.69, 9.17) is 10.5 Å². The highest BCUT2D eigenvalue weighted by molar-refractivity contribution is 7.04. The SMILES string of the molecule is CCCOc1nscc1N. The van der Waals surface area contributed by atoms with E-state index in [1.165, 1.54) is 11.5 Å². The number of anilines is 1. The minimum absolute atomic E-state index is 0.576. The van der Waals surface area contributed by atoms with E-state index in [0.29, 0.717) is 18.2 Å². The molecule has 3 nitrogen and oxygen atoms in total. The molecule has 56 valence electrons. The predicted molar refractivity (Wildman–Crippen MR) is 42.3 cm³/mol. The van der Waals surface area contributed by atoms with Crippen molar-refractivity contribution >= 4 is 17.2 Å². The number of hydrogen-bond acceptors (Lipinski definition) is 4. The van der Waals surface area contributed by atoms with E-state index >= 15 is 0 Å². The molecule has 0 atom stereocenters. The van der Waals surface area contributed by atoms with Crippen molar-refractivity contribution < 1.29 is 4.74 Å². The molecule has 0 spiro atoms. The minimum atomic E-state index is 0.576. The highest BCUT2D eigenvalue weighted by Gasteiger charge is 2.00. The zero-order valence-electron chi connectivity index (χ0n) is 5.83. The first kappa shape index (κ1) is 7.34. The van der Waals surface area contributed by atoms with Crippen LogP contribution >= 0.6 is 11.5 Å². The topological polar surface area (TPSA) is 48.1 Å². The minimum Gasteiger partial charge on any atom is -0.476 e. The molecule has 1 aromatic rings. The molecule has 0 amide bonds. The molecule has 0 bridgehead atoms. The molecular weight excluding hydrogens is 148 g/mol. The Morgan fingerprint density at radius 2 is 2.60 bits per heavy atom. The molecule has 1 aromatic heterocycles. The zero-order valence-corrected chi connectivity index (χ0v) is 6.65. The zero-order chi connectivity index (χ0) is 7.40.